The summed E-state index contributed by atoms with van der Waals surface area (Å²) >= 11 is 1.24. The van der Waals surface area contributed by atoms with Gasteiger partial charge >= 0.3 is 0 Å². The van der Waals surface area contributed by atoms with E-state index < -0.39 is 16.1 Å². The van der Waals surface area contributed by atoms with Gasteiger partial charge in [0, 0.05) is 33.9 Å². The third kappa shape index (κ3) is 5.18. The van der Waals surface area contributed by atoms with Crippen molar-refractivity contribution in [3.63, 3.8) is 0 Å². The summed E-state index contributed by atoms with van der Waals surface area (Å²) in [6, 6.07) is 8.65. The molecule has 0 unspecified atom stereocenters. The first-order valence-electron chi connectivity index (χ1n) is 10.7. The van der Waals surface area contributed by atoms with E-state index in [2.05, 4.69) is 26.1 Å². The zero-order valence-corrected chi connectivity index (χ0v) is 21.2. The summed E-state index contributed by atoms with van der Waals surface area (Å²) in [6.45, 7) is 5.66. The first kappa shape index (κ1) is 24.7. The van der Waals surface area contributed by atoms with Gasteiger partial charge in [0.25, 0.3) is 16.1 Å². The lowest BCUT2D eigenvalue weighted by Gasteiger charge is -2.18. The molecule has 0 radical (unpaired) electrons. The van der Waals surface area contributed by atoms with Gasteiger partial charge in [-0.2, -0.15) is 22.7 Å². The highest BCUT2D eigenvalue weighted by molar-refractivity contribution is 7.87. The van der Waals surface area contributed by atoms with Crippen molar-refractivity contribution >= 4 is 32.6 Å². The zero-order chi connectivity index (χ0) is 25.3. The number of rotatable bonds is 7. The molecule has 0 spiro atoms. The Morgan fingerprint density at radius 3 is 2.69 bits per heavy atom. The molecular formula is C23H24N6O4S2. The maximum Gasteiger partial charge on any atom is 0.280 e. The molecule has 2 aromatic heterocycles. The summed E-state index contributed by atoms with van der Waals surface area (Å²) in [4.78, 5) is 22.7. The van der Waals surface area contributed by atoms with Gasteiger partial charge in [0.05, 0.1) is 43.1 Å². The minimum Gasteiger partial charge on any atom is -0.496 e. The number of benzene rings is 1. The maximum atomic E-state index is 13.2. The minimum atomic E-state index is -3.61. The summed E-state index contributed by atoms with van der Waals surface area (Å²) < 4.78 is 34.2. The van der Waals surface area contributed by atoms with Crippen LogP contribution in [0.25, 0.3) is 11.1 Å². The zero-order valence-electron chi connectivity index (χ0n) is 19.6. The van der Waals surface area contributed by atoms with E-state index in [1.165, 1.54) is 28.9 Å². The van der Waals surface area contributed by atoms with Crippen molar-refractivity contribution in [3.8, 4) is 22.9 Å². The SMILES string of the molecule is COc1ccc(C#N)cc1-c1cc(C)ncc1C(=O)Nc1nc2c(s1)CN(S(=O)(=O)NC(C)C)C2. The number of carbonyl (C=O) groups excluding carboxylic acids is 1. The lowest BCUT2D eigenvalue weighted by atomic mass is 9.97. The third-order valence-electron chi connectivity index (χ3n) is 5.27. The van der Waals surface area contributed by atoms with Crippen LogP contribution in [-0.2, 0) is 23.3 Å². The molecular weight excluding hydrogens is 488 g/mol. The second-order valence-corrected chi connectivity index (χ2v) is 11.1. The fourth-order valence-electron chi connectivity index (χ4n) is 3.73. The van der Waals surface area contributed by atoms with E-state index in [0.717, 1.165) is 4.88 Å². The summed E-state index contributed by atoms with van der Waals surface area (Å²) in [5.41, 5.74) is 3.22. The maximum absolute atomic E-state index is 13.2. The van der Waals surface area contributed by atoms with Gasteiger partial charge in [-0.1, -0.05) is 11.3 Å². The van der Waals surface area contributed by atoms with Crippen molar-refractivity contribution in [2.75, 3.05) is 12.4 Å². The normalized spacial score (nSPS) is 13.5. The fourth-order valence-corrected chi connectivity index (χ4v) is 6.12. The van der Waals surface area contributed by atoms with Gasteiger partial charge in [-0.3, -0.25) is 15.1 Å². The molecule has 1 aromatic carbocycles. The molecule has 2 N–H and O–H groups in total. The Balaban J connectivity index is 1.59. The van der Waals surface area contributed by atoms with Crippen molar-refractivity contribution in [1.29, 1.82) is 5.26 Å². The number of nitrogens with one attached hydrogen (secondary N) is 2. The van der Waals surface area contributed by atoms with Crippen LogP contribution in [0.15, 0.2) is 30.5 Å². The van der Waals surface area contributed by atoms with E-state index in [1.807, 2.05) is 6.92 Å². The number of fused-ring (bicyclic) bond motifs is 1. The fraction of sp³-hybridized carbons (Fsp3) is 0.304. The quantitative estimate of drug-likeness (QED) is 0.496. The molecule has 1 aliphatic rings. The van der Waals surface area contributed by atoms with Crippen molar-refractivity contribution in [3.05, 3.63) is 57.9 Å². The number of anilines is 1. The number of amides is 1. The summed E-state index contributed by atoms with van der Waals surface area (Å²) in [5, 5.41) is 12.5. The molecule has 1 amide bonds. The van der Waals surface area contributed by atoms with Crippen LogP contribution < -0.4 is 14.8 Å². The first-order valence-corrected chi connectivity index (χ1v) is 13.0. The monoisotopic (exact) mass is 512 g/mol. The number of aryl methyl sites for hydroxylation is 1. The molecule has 10 nitrogen and oxygen atoms in total. The Morgan fingerprint density at radius 1 is 1.26 bits per heavy atom. The number of nitrogens with zero attached hydrogens (tertiary/aromatic N) is 4. The molecule has 35 heavy (non-hydrogen) atoms. The Hall–Kier alpha value is -3.37. The Kier molecular flexibility index (Phi) is 6.86. The Morgan fingerprint density at radius 2 is 2.03 bits per heavy atom. The van der Waals surface area contributed by atoms with Crippen LogP contribution in [0.3, 0.4) is 0 Å². The average Bonchev–Trinajstić information content (AvgIpc) is 3.37. The lowest BCUT2D eigenvalue weighted by Crippen LogP contribution is -2.40. The second kappa shape index (κ2) is 9.71. The standard InChI is InChI=1S/C23H24N6O4S2/c1-13(2)28-35(31,32)29-11-19-21(12-29)34-23(26-19)27-22(30)18-10-25-14(3)7-16(18)17-8-15(9-24)5-6-20(17)33-4/h5-8,10,13,28H,11-12H2,1-4H3,(H,26,27,30). The summed E-state index contributed by atoms with van der Waals surface area (Å²) in [6.07, 6.45) is 1.48. The van der Waals surface area contributed by atoms with Gasteiger partial charge < -0.3 is 4.74 Å². The number of hydrogen-bond acceptors (Lipinski definition) is 8. The van der Waals surface area contributed by atoms with Crippen molar-refractivity contribution in [1.82, 2.24) is 19.0 Å². The van der Waals surface area contributed by atoms with Gasteiger partial charge in [-0.05, 0) is 45.0 Å². The number of pyridine rings is 1. The van der Waals surface area contributed by atoms with Crippen LogP contribution in [0.2, 0.25) is 0 Å². The highest BCUT2D eigenvalue weighted by atomic mass is 32.2. The highest BCUT2D eigenvalue weighted by Gasteiger charge is 2.32. The van der Waals surface area contributed by atoms with E-state index in [4.69, 9.17) is 4.74 Å². The predicted octanol–water partition coefficient (Wildman–Crippen LogP) is 3.20. The molecule has 3 aromatic rings. The van der Waals surface area contributed by atoms with Gasteiger partial charge in [-0.15, -0.1) is 0 Å². The van der Waals surface area contributed by atoms with Crippen molar-refractivity contribution in [2.45, 2.75) is 39.9 Å². The van der Waals surface area contributed by atoms with Gasteiger partial charge in [0.1, 0.15) is 5.75 Å². The van der Waals surface area contributed by atoms with E-state index in [1.54, 1.807) is 38.1 Å². The minimum absolute atomic E-state index is 0.138. The molecule has 182 valence electrons. The third-order valence-corrected chi connectivity index (χ3v) is 7.98. The lowest BCUT2D eigenvalue weighted by molar-refractivity contribution is 0.102. The van der Waals surface area contributed by atoms with Gasteiger partial charge in [0.15, 0.2) is 5.13 Å². The predicted molar refractivity (Wildman–Crippen MR) is 132 cm³/mol. The Bertz CT molecular complexity index is 1420. The molecule has 0 atom stereocenters. The summed E-state index contributed by atoms with van der Waals surface area (Å²) in [7, 11) is -2.09. The number of aromatic nitrogens is 2. The largest absolute Gasteiger partial charge is 0.496 e. The summed E-state index contributed by atoms with van der Waals surface area (Å²) in [5.74, 6) is 0.100. The molecule has 4 rings (SSSR count). The van der Waals surface area contributed by atoms with E-state index in [0.29, 0.717) is 44.5 Å². The topological polar surface area (TPSA) is 137 Å². The number of nitriles is 1. The van der Waals surface area contributed by atoms with Crippen LogP contribution in [0.5, 0.6) is 5.75 Å². The van der Waals surface area contributed by atoms with Crippen molar-refractivity contribution in [2.24, 2.45) is 0 Å². The first-order chi connectivity index (χ1) is 16.6. The molecule has 0 saturated carbocycles. The second-order valence-electron chi connectivity index (χ2n) is 8.29. The molecule has 0 aliphatic carbocycles. The molecule has 1 aliphatic heterocycles. The smallest absolute Gasteiger partial charge is 0.280 e. The molecule has 0 fully saturated rings. The van der Waals surface area contributed by atoms with E-state index in [9.17, 15) is 18.5 Å². The van der Waals surface area contributed by atoms with Gasteiger partial charge in [-0.25, -0.2) is 4.98 Å². The van der Waals surface area contributed by atoms with Crippen LogP contribution in [0.1, 0.15) is 46.0 Å². The molecule has 0 saturated heterocycles. The highest BCUT2D eigenvalue weighted by Crippen LogP contribution is 2.35. The number of hydrogen-bond donors (Lipinski definition) is 2. The number of thiazole rings is 1. The molecule has 0 bridgehead atoms. The molecule has 3 heterocycles. The molecule has 12 heteroatoms. The average molecular weight is 513 g/mol. The van der Waals surface area contributed by atoms with Crippen LogP contribution >= 0.6 is 11.3 Å². The number of ether oxygens (including phenoxy) is 1. The van der Waals surface area contributed by atoms with Crippen LogP contribution in [-0.4, -0.2) is 41.7 Å². The van der Waals surface area contributed by atoms with Crippen molar-refractivity contribution < 1.29 is 17.9 Å². The van der Waals surface area contributed by atoms with E-state index in [-0.39, 0.29) is 19.1 Å². The van der Waals surface area contributed by atoms with Crippen LogP contribution in [0, 0.1) is 18.3 Å². The van der Waals surface area contributed by atoms with Crippen LogP contribution in [0.4, 0.5) is 5.13 Å². The Labute approximate surface area is 207 Å². The van der Waals surface area contributed by atoms with Gasteiger partial charge in [0.2, 0.25) is 0 Å². The van der Waals surface area contributed by atoms with E-state index >= 15 is 0 Å². The number of carbonyl (C=O) groups is 1. The number of methoxy groups -OCH3 is 1.